The average molecular weight is 518 g/mol. The SMILES string of the molecule is COc1c(Nc2cc(Nc3cc(C)ccn3)nnc2C(N)=O)cncc1-c1cc(P(C)C)n(C2CC2)n1. The molecule has 4 heterocycles. The number of methoxy groups -OCH3 is 1. The second-order valence-corrected chi connectivity index (χ2v) is 11.3. The third kappa shape index (κ3) is 5.22. The summed E-state index contributed by atoms with van der Waals surface area (Å²) < 4.78 is 7.95. The first kappa shape index (κ1) is 24.6. The molecule has 0 aromatic carbocycles. The van der Waals surface area contributed by atoms with E-state index >= 15 is 0 Å². The number of primary amides is 1. The summed E-state index contributed by atoms with van der Waals surface area (Å²) >= 11 is 0. The van der Waals surface area contributed by atoms with E-state index in [-0.39, 0.29) is 13.6 Å². The number of rotatable bonds is 9. The van der Waals surface area contributed by atoms with Crippen LogP contribution in [0.4, 0.5) is 23.0 Å². The molecule has 5 rings (SSSR count). The van der Waals surface area contributed by atoms with Crippen molar-refractivity contribution in [2.24, 2.45) is 5.73 Å². The fourth-order valence-corrected chi connectivity index (χ4v) is 4.99. The fourth-order valence-electron chi connectivity index (χ4n) is 3.99. The van der Waals surface area contributed by atoms with E-state index in [1.807, 2.05) is 19.1 Å². The van der Waals surface area contributed by atoms with Crippen LogP contribution in [-0.2, 0) is 0 Å². The second-order valence-electron chi connectivity index (χ2n) is 9.05. The van der Waals surface area contributed by atoms with E-state index in [4.69, 9.17) is 15.6 Å². The maximum Gasteiger partial charge on any atom is 0.271 e. The van der Waals surface area contributed by atoms with Crippen molar-refractivity contribution >= 4 is 42.3 Å². The Morgan fingerprint density at radius 1 is 1.11 bits per heavy atom. The van der Waals surface area contributed by atoms with Gasteiger partial charge < -0.3 is 21.1 Å². The van der Waals surface area contributed by atoms with E-state index in [9.17, 15) is 4.79 Å². The third-order valence-electron chi connectivity index (χ3n) is 5.91. The predicted octanol–water partition coefficient (Wildman–Crippen LogP) is 3.73. The lowest BCUT2D eigenvalue weighted by molar-refractivity contribution is 0.0995. The molecule has 0 saturated heterocycles. The van der Waals surface area contributed by atoms with Gasteiger partial charge in [-0.1, -0.05) is 7.92 Å². The van der Waals surface area contributed by atoms with Crippen LogP contribution in [0.1, 0.15) is 34.9 Å². The Hall–Kier alpha value is -4.11. The molecule has 12 heteroatoms. The lowest BCUT2D eigenvalue weighted by Gasteiger charge is -2.15. The molecule has 1 saturated carbocycles. The van der Waals surface area contributed by atoms with Crippen LogP contribution in [0.5, 0.6) is 5.75 Å². The predicted molar refractivity (Wildman–Crippen MR) is 145 cm³/mol. The summed E-state index contributed by atoms with van der Waals surface area (Å²) in [5.41, 5.74) is 10.3. The van der Waals surface area contributed by atoms with Crippen molar-refractivity contribution in [3.05, 3.63) is 54.1 Å². The van der Waals surface area contributed by atoms with Crippen molar-refractivity contribution in [2.75, 3.05) is 31.1 Å². The smallest absolute Gasteiger partial charge is 0.271 e. The van der Waals surface area contributed by atoms with Gasteiger partial charge in [-0.3, -0.25) is 14.5 Å². The fraction of sp³-hybridized carbons (Fsp3) is 0.280. The van der Waals surface area contributed by atoms with Crippen molar-refractivity contribution in [1.29, 1.82) is 0 Å². The van der Waals surface area contributed by atoms with Crippen molar-refractivity contribution in [2.45, 2.75) is 25.8 Å². The monoisotopic (exact) mass is 517 g/mol. The van der Waals surface area contributed by atoms with Crippen LogP contribution in [0.15, 0.2) is 42.9 Å². The number of nitrogens with zero attached hydrogens (tertiary/aromatic N) is 6. The number of aryl methyl sites for hydroxylation is 1. The van der Waals surface area contributed by atoms with E-state index in [0.717, 1.165) is 29.7 Å². The number of carbonyl (C=O) groups excluding carboxylic acids is 1. The first-order chi connectivity index (χ1) is 17.8. The van der Waals surface area contributed by atoms with E-state index in [1.54, 1.807) is 31.8 Å². The van der Waals surface area contributed by atoms with Crippen LogP contribution in [0.3, 0.4) is 0 Å². The maximum atomic E-state index is 12.1. The first-order valence-electron chi connectivity index (χ1n) is 11.8. The molecule has 4 N–H and O–H groups in total. The number of pyridine rings is 2. The molecule has 1 aliphatic rings. The summed E-state index contributed by atoms with van der Waals surface area (Å²) in [5, 5.41) is 19.4. The number of anilines is 4. The molecule has 1 amide bonds. The number of amides is 1. The molecule has 0 aliphatic heterocycles. The molecular weight excluding hydrogens is 489 g/mol. The summed E-state index contributed by atoms with van der Waals surface area (Å²) in [5.74, 6) is 0.814. The van der Waals surface area contributed by atoms with Crippen molar-refractivity contribution in [3.63, 3.8) is 0 Å². The third-order valence-corrected chi connectivity index (χ3v) is 7.16. The van der Waals surface area contributed by atoms with Crippen LogP contribution in [-0.4, -0.2) is 56.3 Å². The van der Waals surface area contributed by atoms with Gasteiger partial charge in [0.15, 0.2) is 17.3 Å². The van der Waals surface area contributed by atoms with Gasteiger partial charge in [0, 0.05) is 18.5 Å². The van der Waals surface area contributed by atoms with E-state index in [0.29, 0.717) is 34.8 Å². The van der Waals surface area contributed by atoms with Crippen LogP contribution in [0, 0.1) is 6.92 Å². The quantitative estimate of drug-likeness (QED) is 0.283. The minimum absolute atomic E-state index is 0.0156. The zero-order chi connectivity index (χ0) is 26.1. The van der Waals surface area contributed by atoms with Crippen LogP contribution in [0.25, 0.3) is 11.3 Å². The second kappa shape index (κ2) is 10.1. The molecule has 0 spiro atoms. The van der Waals surface area contributed by atoms with Gasteiger partial charge in [-0.15, -0.1) is 10.2 Å². The molecule has 0 radical (unpaired) electrons. The summed E-state index contributed by atoms with van der Waals surface area (Å²) in [7, 11) is 1.26. The highest BCUT2D eigenvalue weighted by molar-refractivity contribution is 7.63. The lowest BCUT2D eigenvalue weighted by Crippen LogP contribution is -2.17. The van der Waals surface area contributed by atoms with Gasteiger partial charge in [0.05, 0.1) is 41.7 Å². The molecule has 0 atom stereocenters. The minimum Gasteiger partial charge on any atom is -0.494 e. The molecular formula is C25H28N9O2P. The van der Waals surface area contributed by atoms with Crippen LogP contribution >= 0.6 is 7.92 Å². The Balaban J connectivity index is 1.52. The number of ether oxygens (including phenoxy) is 1. The molecule has 11 nitrogen and oxygen atoms in total. The molecule has 1 fully saturated rings. The number of aromatic nitrogens is 6. The van der Waals surface area contributed by atoms with Gasteiger partial charge in [-0.2, -0.15) is 5.10 Å². The normalized spacial score (nSPS) is 13.0. The summed E-state index contributed by atoms with van der Waals surface area (Å²) in [6.45, 7) is 6.41. The first-order valence-corrected chi connectivity index (χ1v) is 14.0. The Morgan fingerprint density at radius 2 is 1.92 bits per heavy atom. The largest absolute Gasteiger partial charge is 0.494 e. The lowest BCUT2D eigenvalue weighted by atomic mass is 10.1. The number of hydrogen-bond acceptors (Lipinski definition) is 9. The van der Waals surface area contributed by atoms with Gasteiger partial charge in [0.25, 0.3) is 5.91 Å². The molecule has 0 unspecified atom stereocenters. The number of nitrogens with one attached hydrogen (secondary N) is 2. The molecule has 4 aromatic rings. The van der Waals surface area contributed by atoms with Gasteiger partial charge in [-0.05, 0) is 56.9 Å². The van der Waals surface area contributed by atoms with Crippen molar-refractivity contribution < 1.29 is 9.53 Å². The average Bonchev–Trinajstić information content (AvgIpc) is 3.61. The zero-order valence-corrected chi connectivity index (χ0v) is 22.0. The Kier molecular flexibility index (Phi) is 6.71. The highest BCUT2D eigenvalue weighted by atomic mass is 31.1. The van der Waals surface area contributed by atoms with Gasteiger partial charge in [0.2, 0.25) is 0 Å². The van der Waals surface area contributed by atoms with E-state index in [2.05, 4.69) is 54.9 Å². The van der Waals surface area contributed by atoms with E-state index in [1.165, 1.54) is 5.44 Å². The standard InChI is InChI=1S/C25H28N9O2P/c1-14-7-8-28-20(9-14)30-21-10-18(23(25(26)35)32-31-21)29-19-13-27-12-16(24(19)36-2)17-11-22(37(3)4)34(33-17)15-5-6-15/h7-13,15H,5-6H2,1-4H3,(H2,26,35)(H2,28,29,30,31). The molecule has 0 bridgehead atoms. The van der Waals surface area contributed by atoms with Gasteiger partial charge in [0.1, 0.15) is 11.5 Å². The van der Waals surface area contributed by atoms with Gasteiger partial charge >= 0.3 is 0 Å². The van der Waals surface area contributed by atoms with Crippen LogP contribution in [0.2, 0.25) is 0 Å². The van der Waals surface area contributed by atoms with Crippen molar-refractivity contribution in [3.8, 4) is 17.0 Å². The van der Waals surface area contributed by atoms with Crippen molar-refractivity contribution in [1.82, 2.24) is 29.9 Å². The Bertz CT molecular complexity index is 1450. The maximum absolute atomic E-state index is 12.1. The summed E-state index contributed by atoms with van der Waals surface area (Å²) in [6, 6.07) is 7.99. The molecule has 1 aliphatic carbocycles. The van der Waals surface area contributed by atoms with Gasteiger partial charge in [-0.25, -0.2) is 4.98 Å². The van der Waals surface area contributed by atoms with Crippen LogP contribution < -0.4 is 26.5 Å². The highest BCUT2D eigenvalue weighted by Gasteiger charge is 2.29. The zero-order valence-electron chi connectivity index (χ0n) is 21.1. The number of carbonyl (C=O) groups is 1. The Morgan fingerprint density at radius 3 is 2.59 bits per heavy atom. The highest BCUT2D eigenvalue weighted by Crippen LogP contribution is 2.41. The number of nitrogens with two attached hydrogens (primary N) is 1. The molecule has 190 valence electrons. The summed E-state index contributed by atoms with van der Waals surface area (Å²) in [6.07, 6.45) is 7.34. The minimum atomic E-state index is -0.717. The Labute approximate surface area is 215 Å². The topological polar surface area (TPSA) is 146 Å². The number of hydrogen-bond donors (Lipinski definition) is 3. The van der Waals surface area contributed by atoms with E-state index < -0.39 is 5.91 Å². The molecule has 37 heavy (non-hydrogen) atoms. The molecule has 4 aromatic heterocycles. The summed E-state index contributed by atoms with van der Waals surface area (Å²) in [4.78, 5) is 20.8.